The number of ether oxygens (including phenoxy) is 1. The lowest BCUT2D eigenvalue weighted by atomic mass is 9.80. The van der Waals surface area contributed by atoms with Gasteiger partial charge in [-0.25, -0.2) is 0 Å². The van der Waals surface area contributed by atoms with Crippen LogP contribution < -0.4 is 10.5 Å². The third-order valence-corrected chi connectivity index (χ3v) is 3.96. The zero-order valence-corrected chi connectivity index (χ0v) is 12.6. The molecule has 2 N–H and O–H groups in total. The molecule has 1 aliphatic rings. The van der Waals surface area contributed by atoms with E-state index in [2.05, 4.69) is 19.0 Å². The van der Waals surface area contributed by atoms with E-state index in [9.17, 15) is 0 Å². The van der Waals surface area contributed by atoms with Crippen molar-refractivity contribution in [1.29, 1.82) is 0 Å². The van der Waals surface area contributed by atoms with Crippen molar-refractivity contribution in [3.05, 3.63) is 30.0 Å². The highest BCUT2D eigenvalue weighted by atomic mass is 16.5. The Balaban J connectivity index is 1.82. The molecule has 1 saturated carbocycles. The molecule has 1 aromatic carbocycles. The summed E-state index contributed by atoms with van der Waals surface area (Å²) >= 11 is 0. The molecule has 3 rings (SSSR count). The number of aromatic nitrogens is 1. The van der Waals surface area contributed by atoms with E-state index < -0.39 is 0 Å². The molecule has 0 aliphatic heterocycles. The van der Waals surface area contributed by atoms with E-state index in [0.29, 0.717) is 17.7 Å². The van der Waals surface area contributed by atoms with Crippen LogP contribution in [0.4, 0.5) is 5.88 Å². The molecule has 1 aliphatic carbocycles. The smallest absolute Gasteiger partial charge is 0.230 e. The van der Waals surface area contributed by atoms with E-state index in [-0.39, 0.29) is 0 Å². The van der Waals surface area contributed by atoms with Gasteiger partial charge in [0.15, 0.2) is 0 Å². The second-order valence-corrected chi connectivity index (χ2v) is 6.16. The fraction of sp³-hybridized carbons (Fsp3) is 0.471. The van der Waals surface area contributed by atoms with Crippen molar-refractivity contribution in [2.75, 3.05) is 12.3 Å². The molecule has 1 heterocycles. The molecule has 0 saturated heterocycles. The number of anilines is 1. The highest BCUT2D eigenvalue weighted by Crippen LogP contribution is 2.42. The summed E-state index contributed by atoms with van der Waals surface area (Å²) in [6, 6.07) is 8.02. The first kappa shape index (κ1) is 14.0. The summed E-state index contributed by atoms with van der Waals surface area (Å²) in [5.74, 6) is 2.31. The van der Waals surface area contributed by atoms with Gasteiger partial charge in [-0.15, -0.1) is 0 Å². The molecule has 4 heteroatoms. The lowest BCUT2D eigenvalue weighted by Crippen LogP contribution is -2.10. The fourth-order valence-corrected chi connectivity index (χ4v) is 2.55. The van der Waals surface area contributed by atoms with E-state index in [1.165, 1.54) is 19.3 Å². The van der Waals surface area contributed by atoms with Crippen LogP contribution in [0.2, 0.25) is 0 Å². The topological polar surface area (TPSA) is 61.3 Å². The van der Waals surface area contributed by atoms with Crippen molar-refractivity contribution in [2.45, 2.75) is 39.0 Å². The van der Waals surface area contributed by atoms with Gasteiger partial charge in [0.1, 0.15) is 5.75 Å². The van der Waals surface area contributed by atoms with Crippen molar-refractivity contribution in [1.82, 2.24) is 5.16 Å². The summed E-state index contributed by atoms with van der Waals surface area (Å²) in [5.41, 5.74) is 8.98. The average molecular weight is 286 g/mol. The third kappa shape index (κ3) is 2.89. The second kappa shape index (κ2) is 5.80. The van der Waals surface area contributed by atoms with Gasteiger partial charge in [-0.1, -0.05) is 37.6 Å². The average Bonchev–Trinajstić information content (AvgIpc) is 2.77. The zero-order chi connectivity index (χ0) is 14.8. The van der Waals surface area contributed by atoms with E-state index >= 15 is 0 Å². The van der Waals surface area contributed by atoms with Crippen LogP contribution >= 0.6 is 0 Å². The molecule has 0 amide bonds. The van der Waals surface area contributed by atoms with Crippen molar-refractivity contribution in [2.24, 2.45) is 5.92 Å². The molecular weight excluding hydrogens is 264 g/mol. The Labute approximate surface area is 125 Å². The molecule has 112 valence electrons. The van der Waals surface area contributed by atoms with Crippen molar-refractivity contribution < 1.29 is 9.26 Å². The van der Waals surface area contributed by atoms with Gasteiger partial charge < -0.3 is 15.0 Å². The van der Waals surface area contributed by atoms with Gasteiger partial charge in [-0.05, 0) is 36.5 Å². The van der Waals surface area contributed by atoms with E-state index in [1.54, 1.807) is 0 Å². The molecule has 0 radical (unpaired) electrons. The number of benzene rings is 1. The van der Waals surface area contributed by atoms with Gasteiger partial charge in [0.05, 0.1) is 17.9 Å². The van der Waals surface area contributed by atoms with Crippen molar-refractivity contribution >= 4 is 5.88 Å². The maximum atomic E-state index is 5.97. The van der Waals surface area contributed by atoms with Crippen molar-refractivity contribution in [3.8, 4) is 16.9 Å². The van der Waals surface area contributed by atoms with E-state index in [0.717, 1.165) is 29.2 Å². The van der Waals surface area contributed by atoms with Crippen LogP contribution in [0, 0.1) is 5.92 Å². The SMILES string of the molecule is CC(C)COc1ccc(-c2c(C3CCC3)noc2N)cc1. The van der Waals surface area contributed by atoms with Crippen LogP contribution in [0.5, 0.6) is 5.75 Å². The minimum Gasteiger partial charge on any atom is -0.493 e. The highest BCUT2D eigenvalue weighted by molar-refractivity contribution is 5.76. The summed E-state index contributed by atoms with van der Waals surface area (Å²) in [5, 5.41) is 4.16. The predicted octanol–water partition coefficient (Wildman–Crippen LogP) is 4.23. The highest BCUT2D eigenvalue weighted by Gasteiger charge is 2.28. The number of nitrogen functional groups attached to an aromatic ring is 1. The summed E-state index contributed by atoms with van der Waals surface area (Å²) in [6.45, 7) is 5.00. The third-order valence-electron chi connectivity index (χ3n) is 3.96. The van der Waals surface area contributed by atoms with Gasteiger partial charge in [-0.2, -0.15) is 0 Å². The molecule has 0 unspecified atom stereocenters. The summed E-state index contributed by atoms with van der Waals surface area (Å²) in [7, 11) is 0. The minimum atomic E-state index is 0.410. The Morgan fingerprint density at radius 3 is 2.57 bits per heavy atom. The number of hydrogen-bond acceptors (Lipinski definition) is 4. The number of hydrogen-bond donors (Lipinski definition) is 1. The summed E-state index contributed by atoms with van der Waals surface area (Å²) in [6.07, 6.45) is 3.61. The molecule has 2 aromatic rings. The molecule has 0 bridgehead atoms. The first-order valence-electron chi connectivity index (χ1n) is 7.63. The Morgan fingerprint density at radius 1 is 1.29 bits per heavy atom. The molecule has 0 atom stereocenters. The van der Waals surface area contributed by atoms with Crippen LogP contribution in [0.1, 0.15) is 44.7 Å². The standard InChI is InChI=1S/C17H22N2O2/c1-11(2)10-20-14-8-6-12(7-9-14)15-16(13-4-3-5-13)19-21-17(15)18/h6-9,11,13H,3-5,10,18H2,1-2H3. The monoisotopic (exact) mass is 286 g/mol. The Morgan fingerprint density at radius 2 is 2.00 bits per heavy atom. The lowest BCUT2D eigenvalue weighted by Gasteiger charge is -2.23. The van der Waals surface area contributed by atoms with E-state index in [1.807, 2.05) is 24.3 Å². The van der Waals surface area contributed by atoms with Crippen LogP contribution in [0.3, 0.4) is 0 Å². The molecule has 0 spiro atoms. The lowest BCUT2D eigenvalue weighted by molar-refractivity contribution is 0.271. The van der Waals surface area contributed by atoms with E-state index in [4.69, 9.17) is 15.0 Å². The zero-order valence-electron chi connectivity index (χ0n) is 12.6. The van der Waals surface area contributed by atoms with Gasteiger partial charge in [0.2, 0.25) is 5.88 Å². The fourth-order valence-electron chi connectivity index (χ4n) is 2.55. The normalized spacial score (nSPS) is 15.2. The summed E-state index contributed by atoms with van der Waals surface area (Å²) in [4.78, 5) is 0. The van der Waals surface area contributed by atoms with Gasteiger partial charge in [0.25, 0.3) is 0 Å². The second-order valence-electron chi connectivity index (χ2n) is 6.16. The molecule has 1 aromatic heterocycles. The minimum absolute atomic E-state index is 0.410. The maximum Gasteiger partial charge on any atom is 0.230 e. The molecule has 21 heavy (non-hydrogen) atoms. The van der Waals surface area contributed by atoms with Gasteiger partial charge >= 0.3 is 0 Å². The molecule has 4 nitrogen and oxygen atoms in total. The quantitative estimate of drug-likeness (QED) is 0.893. The van der Waals surface area contributed by atoms with Gasteiger partial charge in [0, 0.05) is 5.92 Å². The van der Waals surface area contributed by atoms with Crippen LogP contribution in [-0.2, 0) is 0 Å². The van der Waals surface area contributed by atoms with Crippen LogP contribution in [-0.4, -0.2) is 11.8 Å². The first-order chi connectivity index (χ1) is 10.1. The number of nitrogens with zero attached hydrogens (tertiary/aromatic N) is 1. The number of nitrogens with two attached hydrogens (primary N) is 1. The van der Waals surface area contributed by atoms with Gasteiger partial charge in [-0.3, -0.25) is 0 Å². The Bertz CT molecular complexity index is 598. The molecule has 1 fully saturated rings. The largest absolute Gasteiger partial charge is 0.493 e. The summed E-state index contributed by atoms with van der Waals surface area (Å²) < 4.78 is 10.9. The Kier molecular flexibility index (Phi) is 3.86. The van der Waals surface area contributed by atoms with Crippen LogP contribution in [0.25, 0.3) is 11.1 Å². The molecular formula is C17H22N2O2. The number of rotatable bonds is 5. The maximum absolute atomic E-state index is 5.97. The predicted molar refractivity (Wildman–Crippen MR) is 83.3 cm³/mol. The van der Waals surface area contributed by atoms with Crippen LogP contribution in [0.15, 0.2) is 28.8 Å². The van der Waals surface area contributed by atoms with Crippen molar-refractivity contribution in [3.63, 3.8) is 0 Å². The Hall–Kier alpha value is -1.97. The first-order valence-corrected chi connectivity index (χ1v) is 7.63.